The van der Waals surface area contributed by atoms with Gasteiger partial charge in [-0.15, -0.1) is 0 Å². The monoisotopic (exact) mass is 424 g/mol. The third kappa shape index (κ3) is 6.78. The van der Waals surface area contributed by atoms with Gasteiger partial charge in [-0.3, -0.25) is 35.1 Å². The fourth-order valence-corrected chi connectivity index (χ4v) is 3.35. The third-order valence-corrected chi connectivity index (χ3v) is 5.20. The third-order valence-electron chi connectivity index (χ3n) is 5.20. The number of hydrogen-bond acceptors (Lipinski definition) is 6. The number of rotatable bonds is 6. The summed E-state index contributed by atoms with van der Waals surface area (Å²) in [6.45, 7) is 5.87. The van der Waals surface area contributed by atoms with Gasteiger partial charge in [-0.2, -0.15) is 0 Å². The maximum absolute atomic E-state index is 12.0. The minimum Gasteiger partial charge on any atom is -0.369 e. The number of pyridine rings is 1. The Labute approximate surface area is 181 Å². The van der Waals surface area contributed by atoms with Crippen molar-refractivity contribution in [2.75, 3.05) is 37.6 Å². The normalized spacial score (nSPS) is 15.1. The van der Waals surface area contributed by atoms with Crippen LogP contribution in [0.15, 0.2) is 54.9 Å². The highest BCUT2D eigenvalue weighted by molar-refractivity contribution is 6.35. The molecule has 1 aliphatic rings. The number of carbonyl (C=O) groups is 3. The second-order valence-corrected chi connectivity index (χ2v) is 7.40. The minimum atomic E-state index is -0.916. The average Bonchev–Trinajstić information content (AvgIpc) is 2.82. The summed E-state index contributed by atoms with van der Waals surface area (Å²) < 4.78 is 0. The zero-order valence-corrected chi connectivity index (χ0v) is 17.6. The number of para-hydroxylation sites is 1. The van der Waals surface area contributed by atoms with Gasteiger partial charge >= 0.3 is 11.8 Å². The number of nitrogens with one attached hydrogen (secondary N) is 3. The number of anilines is 1. The van der Waals surface area contributed by atoms with Crippen LogP contribution >= 0.6 is 0 Å². The van der Waals surface area contributed by atoms with Crippen LogP contribution in [0.3, 0.4) is 0 Å². The molecule has 1 aliphatic heterocycles. The van der Waals surface area contributed by atoms with E-state index in [9.17, 15) is 14.4 Å². The maximum Gasteiger partial charge on any atom is 0.327 e. The Bertz CT molecular complexity index is 869. The largest absolute Gasteiger partial charge is 0.369 e. The molecule has 1 unspecified atom stereocenters. The lowest BCUT2D eigenvalue weighted by Gasteiger charge is -2.36. The Kier molecular flexibility index (Phi) is 7.94. The molecule has 2 heterocycles. The summed E-state index contributed by atoms with van der Waals surface area (Å²) in [6, 6.07) is 13.4. The SMILES string of the molecule is CC(NC(=O)C(=O)NNC(=O)CCN1CCN(c2ccccc2)CC1)c1cccnc1. The highest BCUT2D eigenvalue weighted by Crippen LogP contribution is 2.15. The van der Waals surface area contributed by atoms with Gasteiger partial charge in [0.05, 0.1) is 6.04 Å². The predicted octanol–water partition coefficient (Wildman–Crippen LogP) is 0.619. The van der Waals surface area contributed by atoms with Crippen LogP contribution in [0.5, 0.6) is 0 Å². The number of hydrazine groups is 1. The quantitative estimate of drug-likeness (QED) is 0.464. The summed E-state index contributed by atoms with van der Waals surface area (Å²) in [5, 5.41) is 2.57. The zero-order chi connectivity index (χ0) is 22.1. The van der Waals surface area contributed by atoms with E-state index in [1.165, 1.54) is 5.69 Å². The van der Waals surface area contributed by atoms with Crippen molar-refractivity contribution in [2.24, 2.45) is 0 Å². The second-order valence-electron chi connectivity index (χ2n) is 7.40. The molecule has 3 rings (SSSR count). The number of benzene rings is 1. The first-order valence-corrected chi connectivity index (χ1v) is 10.3. The maximum atomic E-state index is 12.0. The molecule has 1 atom stereocenters. The lowest BCUT2D eigenvalue weighted by Crippen LogP contribution is -2.50. The van der Waals surface area contributed by atoms with E-state index in [1.54, 1.807) is 31.5 Å². The molecule has 3 amide bonds. The fraction of sp³-hybridized carbons (Fsp3) is 0.364. The van der Waals surface area contributed by atoms with Crippen molar-refractivity contribution in [3.05, 3.63) is 60.4 Å². The van der Waals surface area contributed by atoms with E-state index >= 15 is 0 Å². The van der Waals surface area contributed by atoms with Gasteiger partial charge in [0.15, 0.2) is 0 Å². The van der Waals surface area contributed by atoms with Crippen molar-refractivity contribution in [1.29, 1.82) is 0 Å². The van der Waals surface area contributed by atoms with Gasteiger partial charge in [0.25, 0.3) is 0 Å². The molecule has 0 aliphatic carbocycles. The van der Waals surface area contributed by atoms with E-state index < -0.39 is 11.8 Å². The number of nitrogens with zero attached hydrogens (tertiary/aromatic N) is 3. The Morgan fingerprint density at radius 3 is 2.39 bits per heavy atom. The molecule has 3 N–H and O–H groups in total. The van der Waals surface area contributed by atoms with Crippen molar-refractivity contribution < 1.29 is 14.4 Å². The van der Waals surface area contributed by atoms with Gasteiger partial charge in [0.2, 0.25) is 5.91 Å². The molecule has 1 fully saturated rings. The molecule has 164 valence electrons. The van der Waals surface area contributed by atoms with Crippen LogP contribution in [0.2, 0.25) is 0 Å². The number of carbonyl (C=O) groups excluding carboxylic acids is 3. The fourth-order valence-electron chi connectivity index (χ4n) is 3.35. The lowest BCUT2D eigenvalue weighted by atomic mass is 10.1. The molecule has 0 saturated carbocycles. The highest BCUT2D eigenvalue weighted by Gasteiger charge is 2.19. The minimum absolute atomic E-state index is 0.235. The molecule has 1 saturated heterocycles. The average molecular weight is 425 g/mol. The molecular weight excluding hydrogens is 396 g/mol. The van der Waals surface area contributed by atoms with Crippen LogP contribution in [0.1, 0.15) is 24.9 Å². The van der Waals surface area contributed by atoms with E-state index in [-0.39, 0.29) is 18.4 Å². The molecule has 9 nitrogen and oxygen atoms in total. The van der Waals surface area contributed by atoms with Crippen molar-refractivity contribution in [1.82, 2.24) is 26.1 Å². The predicted molar refractivity (Wildman–Crippen MR) is 117 cm³/mol. The van der Waals surface area contributed by atoms with Crippen molar-refractivity contribution in [2.45, 2.75) is 19.4 Å². The van der Waals surface area contributed by atoms with Crippen LogP contribution in [0.4, 0.5) is 5.69 Å². The molecular formula is C22H28N6O3. The molecule has 1 aromatic carbocycles. The van der Waals surface area contributed by atoms with Gasteiger partial charge in [-0.25, -0.2) is 0 Å². The van der Waals surface area contributed by atoms with Crippen molar-refractivity contribution >= 4 is 23.4 Å². The van der Waals surface area contributed by atoms with E-state index in [2.05, 4.69) is 43.1 Å². The van der Waals surface area contributed by atoms with Gasteiger partial charge in [-0.05, 0) is 30.7 Å². The van der Waals surface area contributed by atoms with E-state index in [4.69, 9.17) is 0 Å². The van der Waals surface area contributed by atoms with Crippen LogP contribution < -0.4 is 21.1 Å². The van der Waals surface area contributed by atoms with E-state index in [1.807, 2.05) is 18.2 Å². The number of piperazine rings is 1. The first-order valence-electron chi connectivity index (χ1n) is 10.3. The van der Waals surface area contributed by atoms with Crippen molar-refractivity contribution in [3.63, 3.8) is 0 Å². The summed E-state index contributed by atoms with van der Waals surface area (Å²) >= 11 is 0. The van der Waals surface area contributed by atoms with Crippen LogP contribution in [0, 0.1) is 0 Å². The number of aromatic nitrogens is 1. The van der Waals surface area contributed by atoms with Gasteiger partial charge < -0.3 is 10.2 Å². The second kappa shape index (κ2) is 11.1. The first-order chi connectivity index (χ1) is 15.0. The van der Waals surface area contributed by atoms with Crippen LogP contribution in [0.25, 0.3) is 0 Å². The Hall–Kier alpha value is -3.46. The molecule has 31 heavy (non-hydrogen) atoms. The molecule has 9 heteroatoms. The Morgan fingerprint density at radius 2 is 1.71 bits per heavy atom. The Morgan fingerprint density at radius 1 is 0.968 bits per heavy atom. The molecule has 2 aromatic rings. The first kappa shape index (κ1) is 22.2. The highest BCUT2D eigenvalue weighted by atomic mass is 16.2. The van der Waals surface area contributed by atoms with Crippen LogP contribution in [-0.2, 0) is 14.4 Å². The summed E-state index contributed by atoms with van der Waals surface area (Å²) in [5.41, 5.74) is 6.45. The number of hydrogen-bond donors (Lipinski definition) is 3. The van der Waals surface area contributed by atoms with Crippen LogP contribution in [-0.4, -0.2) is 60.3 Å². The zero-order valence-electron chi connectivity index (χ0n) is 17.6. The standard InChI is InChI=1S/C22H28N6O3/c1-17(18-6-5-10-23-16-18)24-21(30)22(31)26-25-20(29)9-11-27-12-14-28(15-13-27)19-7-3-2-4-8-19/h2-8,10,16-17H,9,11-15H2,1H3,(H,24,30)(H,25,29)(H,26,31). The summed E-state index contributed by atoms with van der Waals surface area (Å²) in [5.74, 6) is -2.08. The van der Waals surface area contributed by atoms with Gasteiger partial charge in [0.1, 0.15) is 0 Å². The Balaban J connectivity index is 1.32. The van der Waals surface area contributed by atoms with Crippen molar-refractivity contribution in [3.8, 4) is 0 Å². The summed E-state index contributed by atoms with van der Waals surface area (Å²) in [6.07, 6.45) is 3.48. The van der Waals surface area contributed by atoms with E-state index in [0.29, 0.717) is 6.54 Å². The molecule has 1 aromatic heterocycles. The lowest BCUT2D eigenvalue weighted by molar-refractivity contribution is -0.141. The summed E-state index contributed by atoms with van der Waals surface area (Å²) in [4.78, 5) is 44.5. The number of amides is 3. The van der Waals surface area contributed by atoms with E-state index in [0.717, 1.165) is 31.7 Å². The van der Waals surface area contributed by atoms with Gasteiger partial charge in [-0.1, -0.05) is 24.3 Å². The topological polar surface area (TPSA) is 107 Å². The van der Waals surface area contributed by atoms with Gasteiger partial charge in [0, 0.05) is 57.2 Å². The molecule has 0 spiro atoms. The smallest absolute Gasteiger partial charge is 0.327 e. The summed E-state index contributed by atoms with van der Waals surface area (Å²) in [7, 11) is 0. The molecule has 0 radical (unpaired) electrons. The molecule has 0 bridgehead atoms.